The number of benzene rings is 3. The number of carbonyl (C=O) groups is 2. The van der Waals surface area contributed by atoms with Crippen LogP contribution in [0.25, 0.3) is 39.6 Å². The van der Waals surface area contributed by atoms with Crippen LogP contribution in [0.2, 0.25) is 0 Å². The molecule has 0 saturated heterocycles. The topological polar surface area (TPSA) is 109 Å². The van der Waals surface area contributed by atoms with Crippen LogP contribution in [-0.4, -0.2) is 56.2 Å². The first-order valence-corrected chi connectivity index (χ1v) is 15.1. The number of nitrogens with zero attached hydrogens (tertiary/aromatic N) is 6. The molecule has 1 aliphatic rings. The van der Waals surface area contributed by atoms with E-state index in [2.05, 4.69) is 20.2 Å². The molecule has 0 atom stereocenters. The number of para-hydroxylation sites is 2. The van der Waals surface area contributed by atoms with Crippen LogP contribution in [-0.2, 0) is 9.59 Å². The molecule has 0 aliphatic carbocycles. The van der Waals surface area contributed by atoms with Gasteiger partial charge in [0.05, 0.1) is 35.9 Å². The Morgan fingerprint density at radius 3 is 2.45 bits per heavy atom. The fourth-order valence-electron chi connectivity index (χ4n) is 5.94. The molecule has 0 saturated carbocycles. The van der Waals surface area contributed by atoms with Crippen LogP contribution in [0.15, 0.2) is 97.3 Å². The quantitative estimate of drug-likeness (QED) is 0.209. The van der Waals surface area contributed by atoms with E-state index in [1.54, 1.807) is 47.6 Å². The van der Waals surface area contributed by atoms with Gasteiger partial charge in [-0.3, -0.25) is 19.1 Å². The van der Waals surface area contributed by atoms with Crippen LogP contribution < -0.4 is 14.5 Å². The first-order chi connectivity index (χ1) is 22.8. The zero-order chi connectivity index (χ0) is 32.7. The highest BCUT2D eigenvalue weighted by atomic mass is 19.1. The molecular weight excluding hydrogens is 597 g/mol. The van der Waals surface area contributed by atoms with Gasteiger partial charge < -0.3 is 14.6 Å². The van der Waals surface area contributed by atoms with E-state index in [0.29, 0.717) is 51.1 Å². The minimum Gasteiger partial charge on any atom is -0.481 e. The molecule has 0 spiro atoms. The second-order valence-electron chi connectivity index (χ2n) is 11.3. The lowest BCUT2D eigenvalue weighted by molar-refractivity contribution is -0.120. The SMILES string of the molecule is COc1ccc(N(C(=O)CN2C(=O)C(=Cc3c[nH]c4ccc(F)cc34)c3nnc(-c4ccccc4)n3-c3ccccc32)C(C)C)cn1. The Bertz CT molecular complexity index is 2150. The molecule has 11 heteroatoms. The molecule has 7 rings (SSSR count). The van der Waals surface area contributed by atoms with Crippen molar-refractivity contribution >= 4 is 45.7 Å². The number of methoxy groups -OCH3 is 1. The summed E-state index contributed by atoms with van der Waals surface area (Å²) < 4.78 is 21.4. The number of amides is 2. The number of halogens is 1. The van der Waals surface area contributed by atoms with E-state index in [0.717, 1.165) is 5.56 Å². The molecule has 6 aromatic rings. The van der Waals surface area contributed by atoms with Crippen molar-refractivity contribution in [3.05, 3.63) is 115 Å². The number of pyridine rings is 1. The molecule has 2 amide bonds. The van der Waals surface area contributed by atoms with Gasteiger partial charge in [0.25, 0.3) is 5.91 Å². The van der Waals surface area contributed by atoms with E-state index in [1.807, 2.05) is 66.9 Å². The summed E-state index contributed by atoms with van der Waals surface area (Å²) in [6.45, 7) is 3.52. The molecule has 10 nitrogen and oxygen atoms in total. The summed E-state index contributed by atoms with van der Waals surface area (Å²) >= 11 is 0. The average molecular weight is 628 g/mol. The van der Waals surface area contributed by atoms with E-state index in [4.69, 9.17) is 4.74 Å². The van der Waals surface area contributed by atoms with Crippen molar-refractivity contribution in [1.29, 1.82) is 0 Å². The number of nitrogens with one attached hydrogen (secondary N) is 1. The fraction of sp³-hybridized carbons (Fsp3) is 0.139. The Morgan fingerprint density at radius 1 is 0.979 bits per heavy atom. The predicted octanol–water partition coefficient (Wildman–Crippen LogP) is 6.29. The molecule has 0 radical (unpaired) electrons. The van der Waals surface area contributed by atoms with Crippen molar-refractivity contribution in [2.75, 3.05) is 23.5 Å². The van der Waals surface area contributed by atoms with E-state index in [1.165, 1.54) is 24.1 Å². The summed E-state index contributed by atoms with van der Waals surface area (Å²) in [7, 11) is 1.53. The minimum atomic E-state index is -0.459. The van der Waals surface area contributed by atoms with Crippen LogP contribution >= 0.6 is 0 Å². The zero-order valence-corrected chi connectivity index (χ0v) is 25.9. The summed E-state index contributed by atoms with van der Waals surface area (Å²) in [5, 5.41) is 9.67. The number of carbonyl (C=O) groups excluding carboxylic acids is 2. The zero-order valence-electron chi connectivity index (χ0n) is 25.9. The summed E-state index contributed by atoms with van der Waals surface area (Å²) in [5.41, 5.74) is 3.99. The molecule has 47 heavy (non-hydrogen) atoms. The molecule has 3 aromatic carbocycles. The molecule has 0 bridgehead atoms. The van der Waals surface area contributed by atoms with Gasteiger partial charge in [0, 0.05) is 40.3 Å². The minimum absolute atomic E-state index is 0.191. The van der Waals surface area contributed by atoms with Crippen LogP contribution in [0.4, 0.5) is 15.8 Å². The molecule has 3 aromatic heterocycles. The molecule has 0 unspecified atom stereocenters. The Balaban J connectivity index is 1.41. The van der Waals surface area contributed by atoms with Gasteiger partial charge in [0.1, 0.15) is 12.4 Å². The monoisotopic (exact) mass is 627 g/mol. The lowest BCUT2D eigenvalue weighted by atomic mass is 10.1. The second kappa shape index (κ2) is 12.0. The van der Waals surface area contributed by atoms with Gasteiger partial charge in [-0.15, -0.1) is 10.2 Å². The Morgan fingerprint density at radius 2 is 1.72 bits per heavy atom. The maximum absolute atomic E-state index is 14.8. The Hall–Kier alpha value is -6.10. The van der Waals surface area contributed by atoms with Gasteiger partial charge in [-0.05, 0) is 56.3 Å². The third-order valence-electron chi connectivity index (χ3n) is 8.09. The standard InChI is InChI=1S/C36H30FN7O3/c1-22(2)43(26-14-16-32(47-3)39-20-26)33(45)21-42-30-11-7-8-12-31(30)44-34(23-9-5-4-6-10-23)40-41-35(44)28(36(42)46)17-24-19-38-29-15-13-25(37)18-27(24)29/h4-20,22,38H,21H2,1-3H3. The number of H-pyrrole nitrogens is 1. The van der Waals surface area contributed by atoms with Gasteiger partial charge in [-0.2, -0.15) is 0 Å². The van der Waals surface area contributed by atoms with E-state index < -0.39 is 11.7 Å². The van der Waals surface area contributed by atoms with E-state index >= 15 is 0 Å². The Labute approximate surface area is 269 Å². The largest absolute Gasteiger partial charge is 0.481 e. The Kier molecular flexibility index (Phi) is 7.56. The molecular formula is C36H30FN7O3. The maximum Gasteiger partial charge on any atom is 0.262 e. The van der Waals surface area contributed by atoms with E-state index in [9.17, 15) is 14.0 Å². The normalized spacial score (nSPS) is 13.5. The number of fused-ring (bicyclic) bond motifs is 4. The van der Waals surface area contributed by atoms with Gasteiger partial charge in [-0.25, -0.2) is 9.37 Å². The van der Waals surface area contributed by atoms with Crippen molar-refractivity contribution in [1.82, 2.24) is 24.7 Å². The molecule has 1 aliphatic heterocycles. The number of ether oxygens (including phenoxy) is 1. The van der Waals surface area contributed by atoms with Crippen molar-refractivity contribution in [3.63, 3.8) is 0 Å². The predicted molar refractivity (Wildman–Crippen MR) is 179 cm³/mol. The number of rotatable bonds is 7. The molecule has 4 heterocycles. The number of aromatic amines is 1. The van der Waals surface area contributed by atoms with Crippen molar-refractivity contribution in [2.45, 2.75) is 19.9 Å². The van der Waals surface area contributed by atoms with Crippen molar-refractivity contribution < 1.29 is 18.7 Å². The van der Waals surface area contributed by atoms with E-state index in [-0.39, 0.29) is 24.1 Å². The van der Waals surface area contributed by atoms with Gasteiger partial charge >= 0.3 is 0 Å². The van der Waals surface area contributed by atoms with Gasteiger partial charge in [-0.1, -0.05) is 42.5 Å². The van der Waals surface area contributed by atoms with Gasteiger partial charge in [0.15, 0.2) is 11.6 Å². The highest BCUT2D eigenvalue weighted by molar-refractivity contribution is 6.32. The third kappa shape index (κ3) is 5.31. The first kappa shape index (κ1) is 29.6. The summed E-state index contributed by atoms with van der Waals surface area (Å²) in [4.78, 5) is 39.5. The van der Waals surface area contributed by atoms with Crippen molar-refractivity contribution in [2.24, 2.45) is 0 Å². The second-order valence-corrected chi connectivity index (χ2v) is 11.3. The highest BCUT2D eigenvalue weighted by Gasteiger charge is 2.36. The number of hydrogen-bond acceptors (Lipinski definition) is 6. The lowest BCUT2D eigenvalue weighted by Crippen LogP contribution is -2.46. The molecule has 234 valence electrons. The average Bonchev–Trinajstić information content (AvgIpc) is 3.68. The third-order valence-corrected chi connectivity index (χ3v) is 8.09. The lowest BCUT2D eigenvalue weighted by Gasteiger charge is -2.30. The van der Waals surface area contributed by atoms with Crippen LogP contribution in [0.3, 0.4) is 0 Å². The number of anilines is 2. The smallest absolute Gasteiger partial charge is 0.262 e. The molecule has 0 fully saturated rings. The van der Waals surface area contributed by atoms with Gasteiger partial charge in [0.2, 0.25) is 11.8 Å². The number of aromatic nitrogens is 5. The summed E-state index contributed by atoms with van der Waals surface area (Å²) in [5.74, 6) is 0.0640. The first-order valence-electron chi connectivity index (χ1n) is 15.1. The number of hydrogen-bond donors (Lipinski definition) is 1. The van der Waals surface area contributed by atoms with Crippen LogP contribution in [0.5, 0.6) is 5.88 Å². The summed E-state index contributed by atoms with van der Waals surface area (Å²) in [6, 6.07) is 24.6. The van der Waals surface area contributed by atoms with Crippen molar-refractivity contribution in [3.8, 4) is 23.0 Å². The fourth-order valence-corrected chi connectivity index (χ4v) is 5.94. The van der Waals surface area contributed by atoms with Crippen LogP contribution in [0.1, 0.15) is 25.2 Å². The summed E-state index contributed by atoms with van der Waals surface area (Å²) in [6.07, 6.45) is 4.96. The highest BCUT2D eigenvalue weighted by Crippen LogP contribution is 2.38. The van der Waals surface area contributed by atoms with Crippen LogP contribution in [0, 0.1) is 5.82 Å². The molecule has 1 N–H and O–H groups in total. The maximum atomic E-state index is 14.8.